The quantitative estimate of drug-likeness (QED) is 0.769. The van der Waals surface area contributed by atoms with Gasteiger partial charge < -0.3 is 20.1 Å². The normalized spacial score (nSPS) is 30.4. The number of ether oxygens (including phenoxy) is 2. The zero-order valence-corrected chi connectivity index (χ0v) is 11.8. The van der Waals surface area contributed by atoms with Crippen LogP contribution in [0.25, 0.3) is 0 Å². The molecule has 0 aliphatic carbocycles. The summed E-state index contributed by atoms with van der Waals surface area (Å²) >= 11 is 0. The third kappa shape index (κ3) is 2.62. The molecule has 1 atom stereocenters. The van der Waals surface area contributed by atoms with Gasteiger partial charge in [-0.25, -0.2) is 4.79 Å². The van der Waals surface area contributed by atoms with Crippen molar-refractivity contribution in [1.29, 1.82) is 0 Å². The minimum atomic E-state index is -0.433. The van der Waals surface area contributed by atoms with Gasteiger partial charge in [0, 0.05) is 25.0 Å². The highest BCUT2D eigenvalue weighted by molar-refractivity contribution is 5.69. The van der Waals surface area contributed by atoms with Crippen molar-refractivity contribution in [3.05, 3.63) is 0 Å². The lowest BCUT2D eigenvalue weighted by Crippen LogP contribution is -2.60. The molecule has 2 saturated heterocycles. The van der Waals surface area contributed by atoms with Gasteiger partial charge in [-0.3, -0.25) is 0 Å². The minimum Gasteiger partial charge on any atom is -0.444 e. The lowest BCUT2D eigenvalue weighted by atomic mass is 9.75. The number of carbonyl (C=O) groups excluding carboxylic acids is 1. The van der Waals surface area contributed by atoms with E-state index in [2.05, 4.69) is 0 Å². The van der Waals surface area contributed by atoms with Crippen LogP contribution in [0.4, 0.5) is 4.79 Å². The van der Waals surface area contributed by atoms with Crippen LogP contribution in [0.15, 0.2) is 0 Å². The number of carbonyl (C=O) groups is 1. The summed E-state index contributed by atoms with van der Waals surface area (Å²) in [7, 11) is 0. The fourth-order valence-corrected chi connectivity index (χ4v) is 2.78. The number of hydrogen-bond acceptors (Lipinski definition) is 4. The van der Waals surface area contributed by atoms with Gasteiger partial charge in [-0.1, -0.05) is 0 Å². The molecule has 2 heterocycles. The highest BCUT2D eigenvalue weighted by atomic mass is 16.6. The number of amides is 1. The Morgan fingerprint density at radius 2 is 2.06 bits per heavy atom. The first kappa shape index (κ1) is 13.6. The molecule has 1 unspecified atom stereocenters. The van der Waals surface area contributed by atoms with Crippen LogP contribution in [-0.2, 0) is 9.47 Å². The number of nitrogens with zero attached hydrogens (tertiary/aromatic N) is 1. The largest absolute Gasteiger partial charge is 0.444 e. The van der Waals surface area contributed by atoms with E-state index < -0.39 is 5.60 Å². The summed E-state index contributed by atoms with van der Waals surface area (Å²) in [6, 6.07) is 0. The number of rotatable bonds is 1. The number of nitrogens with two attached hydrogens (primary N) is 1. The van der Waals surface area contributed by atoms with Crippen molar-refractivity contribution in [2.45, 2.75) is 45.3 Å². The summed E-state index contributed by atoms with van der Waals surface area (Å²) in [5.74, 6) is 0. The van der Waals surface area contributed by atoms with E-state index in [-0.39, 0.29) is 17.1 Å². The molecule has 0 bridgehead atoms. The van der Waals surface area contributed by atoms with Gasteiger partial charge in [0.1, 0.15) is 5.60 Å². The maximum absolute atomic E-state index is 11.9. The second-order valence-corrected chi connectivity index (χ2v) is 6.96. The number of likely N-dealkylation sites (tertiary alicyclic amines) is 1. The van der Waals surface area contributed by atoms with Gasteiger partial charge in [0.05, 0.1) is 12.2 Å². The Labute approximate surface area is 109 Å². The molecule has 2 aliphatic rings. The van der Waals surface area contributed by atoms with Crippen LogP contribution in [0.1, 0.15) is 34.1 Å². The Kier molecular flexibility index (Phi) is 3.10. The first-order chi connectivity index (χ1) is 8.17. The summed E-state index contributed by atoms with van der Waals surface area (Å²) in [6.07, 6.45) is 0.699. The van der Waals surface area contributed by atoms with Crippen LogP contribution < -0.4 is 5.73 Å². The predicted molar refractivity (Wildman–Crippen MR) is 68.3 cm³/mol. The van der Waals surface area contributed by atoms with Crippen molar-refractivity contribution in [2.75, 3.05) is 26.2 Å². The first-order valence-corrected chi connectivity index (χ1v) is 6.49. The molecule has 2 aliphatic heterocycles. The molecular weight excluding hydrogens is 232 g/mol. The molecule has 2 rings (SSSR count). The summed E-state index contributed by atoms with van der Waals surface area (Å²) in [4.78, 5) is 13.6. The molecule has 2 N–H and O–H groups in total. The maximum Gasteiger partial charge on any atom is 0.410 e. The van der Waals surface area contributed by atoms with Crippen LogP contribution in [0.5, 0.6) is 0 Å². The van der Waals surface area contributed by atoms with Crippen molar-refractivity contribution in [1.82, 2.24) is 4.90 Å². The molecule has 0 saturated carbocycles. The second kappa shape index (κ2) is 4.10. The average molecular weight is 256 g/mol. The Morgan fingerprint density at radius 3 is 2.50 bits per heavy atom. The second-order valence-electron chi connectivity index (χ2n) is 6.96. The van der Waals surface area contributed by atoms with Gasteiger partial charge in [0.15, 0.2) is 0 Å². The van der Waals surface area contributed by atoms with Crippen molar-refractivity contribution >= 4 is 6.09 Å². The Morgan fingerprint density at radius 1 is 1.44 bits per heavy atom. The first-order valence-electron chi connectivity index (χ1n) is 6.49. The summed E-state index contributed by atoms with van der Waals surface area (Å²) < 4.78 is 11.1. The molecule has 0 radical (unpaired) electrons. The molecule has 5 nitrogen and oxygen atoms in total. The highest BCUT2D eigenvalue weighted by Gasteiger charge is 2.54. The average Bonchev–Trinajstić information content (AvgIpc) is 2.53. The monoisotopic (exact) mass is 256 g/mol. The van der Waals surface area contributed by atoms with E-state index >= 15 is 0 Å². The van der Waals surface area contributed by atoms with Gasteiger partial charge in [-0.15, -0.1) is 0 Å². The van der Waals surface area contributed by atoms with E-state index in [4.69, 9.17) is 15.2 Å². The van der Waals surface area contributed by atoms with E-state index in [0.717, 1.165) is 19.5 Å². The fraction of sp³-hybridized carbons (Fsp3) is 0.923. The third-order valence-corrected chi connectivity index (χ3v) is 3.61. The van der Waals surface area contributed by atoms with Crippen LogP contribution in [0.3, 0.4) is 0 Å². The van der Waals surface area contributed by atoms with Gasteiger partial charge >= 0.3 is 6.09 Å². The van der Waals surface area contributed by atoms with Crippen molar-refractivity contribution in [3.63, 3.8) is 0 Å². The van der Waals surface area contributed by atoms with Crippen molar-refractivity contribution in [2.24, 2.45) is 11.1 Å². The van der Waals surface area contributed by atoms with E-state index in [0.29, 0.717) is 13.2 Å². The van der Waals surface area contributed by atoms with E-state index in [9.17, 15) is 4.79 Å². The molecule has 18 heavy (non-hydrogen) atoms. The summed E-state index contributed by atoms with van der Waals surface area (Å²) in [6.45, 7) is 10.3. The Bertz CT molecular complexity index is 345. The van der Waals surface area contributed by atoms with Crippen LogP contribution >= 0.6 is 0 Å². The molecule has 0 aromatic rings. The molecule has 2 fully saturated rings. The van der Waals surface area contributed by atoms with Crippen LogP contribution in [0, 0.1) is 5.41 Å². The third-order valence-electron chi connectivity index (χ3n) is 3.61. The van der Waals surface area contributed by atoms with Gasteiger partial charge in [-0.05, 0) is 34.1 Å². The van der Waals surface area contributed by atoms with E-state index in [1.807, 2.05) is 27.7 Å². The standard InChI is InChI=1S/C13H24N2O3/c1-11(2,3)18-10(16)15-7-13(8-15)5-12(4,6-14)17-9-13/h5-9,14H2,1-4H3. The smallest absolute Gasteiger partial charge is 0.410 e. The van der Waals surface area contributed by atoms with E-state index in [1.165, 1.54) is 0 Å². The maximum atomic E-state index is 11.9. The van der Waals surface area contributed by atoms with Crippen molar-refractivity contribution in [3.8, 4) is 0 Å². The number of hydrogen-bond donors (Lipinski definition) is 1. The SMILES string of the molecule is CC(C)(C)OC(=O)N1CC2(COC(C)(CN)C2)C1. The van der Waals surface area contributed by atoms with Crippen LogP contribution in [0.2, 0.25) is 0 Å². The van der Waals surface area contributed by atoms with Crippen LogP contribution in [-0.4, -0.2) is 48.4 Å². The Hall–Kier alpha value is -0.810. The molecule has 0 aromatic heterocycles. The van der Waals surface area contributed by atoms with E-state index in [1.54, 1.807) is 4.90 Å². The topological polar surface area (TPSA) is 64.8 Å². The molecule has 0 aromatic carbocycles. The highest BCUT2D eigenvalue weighted by Crippen LogP contribution is 2.45. The zero-order valence-electron chi connectivity index (χ0n) is 11.8. The molecule has 1 amide bonds. The minimum absolute atomic E-state index is 0.102. The fourth-order valence-electron chi connectivity index (χ4n) is 2.78. The molecule has 5 heteroatoms. The molecule has 1 spiro atoms. The lowest BCUT2D eigenvalue weighted by molar-refractivity contribution is -0.0384. The summed E-state index contributed by atoms with van der Waals surface area (Å²) in [5, 5.41) is 0. The van der Waals surface area contributed by atoms with Gasteiger partial charge in [0.25, 0.3) is 0 Å². The van der Waals surface area contributed by atoms with Crippen molar-refractivity contribution < 1.29 is 14.3 Å². The zero-order chi connectivity index (χ0) is 13.6. The molecular formula is C13H24N2O3. The predicted octanol–water partition coefficient (Wildman–Crippen LogP) is 1.36. The van der Waals surface area contributed by atoms with Gasteiger partial charge in [0.2, 0.25) is 0 Å². The molecule has 104 valence electrons. The lowest BCUT2D eigenvalue weighted by Gasteiger charge is -2.47. The summed E-state index contributed by atoms with van der Waals surface area (Å²) in [5.41, 5.74) is 5.16. The van der Waals surface area contributed by atoms with Gasteiger partial charge in [-0.2, -0.15) is 0 Å². The Balaban J connectivity index is 1.86.